The molecule has 2 heteroatoms. The smallest absolute Gasteiger partial charge is 0.0458 e. The predicted octanol–water partition coefficient (Wildman–Crippen LogP) is 2.80. The first-order valence-corrected chi connectivity index (χ1v) is 6.31. The number of nitrogens with one attached hydrogen (secondary N) is 2. The van der Waals surface area contributed by atoms with Gasteiger partial charge in [-0.1, -0.05) is 24.3 Å². The van der Waals surface area contributed by atoms with Gasteiger partial charge >= 0.3 is 0 Å². The zero-order valence-electron chi connectivity index (χ0n) is 10.00. The lowest BCUT2D eigenvalue weighted by atomic mass is 10.0. The highest BCUT2D eigenvalue weighted by atomic mass is 14.9. The maximum atomic E-state index is 3.84. The minimum absolute atomic E-state index is 0.535. The fraction of sp³-hybridized carbons (Fsp3) is 0.333. The van der Waals surface area contributed by atoms with Crippen LogP contribution in [0.2, 0.25) is 0 Å². The number of aromatic nitrogens is 1. The topological polar surface area (TPSA) is 27.8 Å². The summed E-state index contributed by atoms with van der Waals surface area (Å²) in [6.45, 7) is 4.90. The van der Waals surface area contributed by atoms with Gasteiger partial charge in [-0.3, -0.25) is 0 Å². The molecule has 2 aromatic rings. The van der Waals surface area contributed by atoms with E-state index in [4.69, 9.17) is 0 Å². The summed E-state index contributed by atoms with van der Waals surface area (Å²) in [5, 5.41) is 4.98. The molecule has 1 aliphatic heterocycles. The average molecular weight is 226 g/mol. The van der Waals surface area contributed by atoms with E-state index in [2.05, 4.69) is 41.1 Å². The zero-order chi connectivity index (χ0) is 11.7. The number of aromatic amines is 1. The Morgan fingerprint density at radius 1 is 1.35 bits per heavy atom. The predicted molar refractivity (Wildman–Crippen MR) is 72.3 cm³/mol. The Labute approximate surface area is 102 Å². The molecule has 0 aliphatic carbocycles. The lowest BCUT2D eigenvalue weighted by molar-refractivity contribution is 0.533. The van der Waals surface area contributed by atoms with Crippen LogP contribution in [0.15, 0.2) is 36.9 Å². The maximum absolute atomic E-state index is 3.84. The number of H-pyrrole nitrogens is 1. The molecule has 17 heavy (non-hydrogen) atoms. The second-order valence-corrected chi connectivity index (χ2v) is 4.76. The van der Waals surface area contributed by atoms with E-state index in [1.807, 2.05) is 6.08 Å². The van der Waals surface area contributed by atoms with Crippen LogP contribution in [0.1, 0.15) is 17.7 Å². The summed E-state index contributed by atoms with van der Waals surface area (Å²) < 4.78 is 0. The van der Waals surface area contributed by atoms with Gasteiger partial charge in [0.05, 0.1) is 0 Å². The van der Waals surface area contributed by atoms with Crippen molar-refractivity contribution in [2.24, 2.45) is 0 Å². The van der Waals surface area contributed by atoms with E-state index in [1.54, 1.807) is 0 Å². The lowest BCUT2D eigenvalue weighted by Crippen LogP contribution is -2.30. The van der Waals surface area contributed by atoms with E-state index < -0.39 is 0 Å². The van der Waals surface area contributed by atoms with Crippen molar-refractivity contribution in [3.63, 3.8) is 0 Å². The third-order valence-corrected chi connectivity index (χ3v) is 3.61. The molecular weight excluding hydrogens is 208 g/mol. The van der Waals surface area contributed by atoms with Crippen LogP contribution in [0.5, 0.6) is 0 Å². The van der Waals surface area contributed by atoms with Crippen molar-refractivity contribution in [3.8, 4) is 0 Å². The van der Waals surface area contributed by atoms with Gasteiger partial charge < -0.3 is 10.3 Å². The standard InChI is InChI=1S/C15H18N2/c1-2-5-11-10-13-12-6-3-4-7-14(12)17-15(13)8-9-16-11/h2-4,6-7,11,16-17H,1,5,8-10H2. The molecule has 1 unspecified atom stereocenters. The molecule has 0 bridgehead atoms. The van der Waals surface area contributed by atoms with Crippen LogP contribution in [0, 0.1) is 0 Å². The molecule has 3 rings (SSSR count). The SMILES string of the molecule is C=CCC1Cc2c([nH]c3ccccc23)CCN1. The highest BCUT2D eigenvalue weighted by Crippen LogP contribution is 2.26. The number of hydrogen-bond donors (Lipinski definition) is 2. The van der Waals surface area contributed by atoms with Crippen molar-refractivity contribution < 1.29 is 0 Å². The Morgan fingerprint density at radius 2 is 2.24 bits per heavy atom. The van der Waals surface area contributed by atoms with E-state index in [1.165, 1.54) is 22.2 Å². The van der Waals surface area contributed by atoms with Crippen LogP contribution in [0.25, 0.3) is 10.9 Å². The molecule has 88 valence electrons. The van der Waals surface area contributed by atoms with Gasteiger partial charge in [0.25, 0.3) is 0 Å². The van der Waals surface area contributed by atoms with Crippen LogP contribution >= 0.6 is 0 Å². The van der Waals surface area contributed by atoms with Crippen LogP contribution in [-0.2, 0) is 12.8 Å². The minimum Gasteiger partial charge on any atom is -0.358 e. The van der Waals surface area contributed by atoms with E-state index >= 15 is 0 Å². The van der Waals surface area contributed by atoms with Crippen molar-refractivity contribution in [1.29, 1.82) is 0 Å². The maximum Gasteiger partial charge on any atom is 0.0458 e. The molecule has 0 spiro atoms. The van der Waals surface area contributed by atoms with E-state index in [0.717, 1.165) is 25.8 Å². The summed E-state index contributed by atoms with van der Waals surface area (Å²) in [6, 6.07) is 9.14. The van der Waals surface area contributed by atoms with E-state index in [0.29, 0.717) is 6.04 Å². The Morgan fingerprint density at radius 3 is 3.12 bits per heavy atom. The van der Waals surface area contributed by atoms with E-state index in [-0.39, 0.29) is 0 Å². The van der Waals surface area contributed by atoms with Crippen LogP contribution in [-0.4, -0.2) is 17.6 Å². The molecular formula is C15H18N2. The molecule has 0 radical (unpaired) electrons. The second-order valence-electron chi connectivity index (χ2n) is 4.76. The summed E-state index contributed by atoms with van der Waals surface area (Å²) in [6.07, 6.45) is 5.25. The Hall–Kier alpha value is -1.54. The zero-order valence-corrected chi connectivity index (χ0v) is 10.00. The van der Waals surface area contributed by atoms with Gasteiger partial charge in [-0.05, 0) is 24.5 Å². The monoisotopic (exact) mass is 226 g/mol. The molecule has 1 aromatic carbocycles. The van der Waals surface area contributed by atoms with Crippen LogP contribution in [0.3, 0.4) is 0 Å². The van der Waals surface area contributed by atoms with Crippen molar-refractivity contribution in [1.82, 2.24) is 10.3 Å². The fourth-order valence-electron chi connectivity index (χ4n) is 2.79. The third kappa shape index (κ3) is 1.89. The highest BCUT2D eigenvalue weighted by molar-refractivity contribution is 5.84. The number of hydrogen-bond acceptors (Lipinski definition) is 1. The van der Waals surface area contributed by atoms with Gasteiger partial charge in [0.2, 0.25) is 0 Å². The Balaban J connectivity index is 2.05. The second kappa shape index (κ2) is 4.38. The van der Waals surface area contributed by atoms with Crippen LogP contribution < -0.4 is 5.32 Å². The van der Waals surface area contributed by atoms with Gasteiger partial charge in [-0.2, -0.15) is 0 Å². The number of benzene rings is 1. The number of para-hydroxylation sites is 1. The summed E-state index contributed by atoms with van der Waals surface area (Å²) >= 11 is 0. The largest absolute Gasteiger partial charge is 0.358 e. The molecule has 0 saturated heterocycles. The molecule has 0 saturated carbocycles. The summed E-state index contributed by atoms with van der Waals surface area (Å²) in [7, 11) is 0. The van der Waals surface area contributed by atoms with Gasteiger partial charge in [0.1, 0.15) is 0 Å². The average Bonchev–Trinajstić information content (AvgIpc) is 2.56. The summed E-state index contributed by atoms with van der Waals surface area (Å²) in [4.78, 5) is 3.55. The van der Waals surface area contributed by atoms with Gasteiger partial charge in [-0.25, -0.2) is 0 Å². The molecule has 2 heterocycles. The van der Waals surface area contributed by atoms with Gasteiger partial charge in [-0.15, -0.1) is 6.58 Å². The molecule has 0 amide bonds. The molecule has 2 N–H and O–H groups in total. The quantitative estimate of drug-likeness (QED) is 0.757. The molecule has 1 atom stereocenters. The highest BCUT2D eigenvalue weighted by Gasteiger charge is 2.18. The molecule has 1 aromatic heterocycles. The van der Waals surface area contributed by atoms with Crippen molar-refractivity contribution in [2.75, 3.05) is 6.54 Å². The van der Waals surface area contributed by atoms with Crippen molar-refractivity contribution in [2.45, 2.75) is 25.3 Å². The van der Waals surface area contributed by atoms with Crippen molar-refractivity contribution in [3.05, 3.63) is 48.2 Å². The Kier molecular flexibility index (Phi) is 2.73. The summed E-state index contributed by atoms with van der Waals surface area (Å²) in [5.41, 5.74) is 4.18. The Bertz CT molecular complexity index is 539. The third-order valence-electron chi connectivity index (χ3n) is 3.61. The first-order chi connectivity index (χ1) is 8.38. The number of rotatable bonds is 2. The fourth-order valence-corrected chi connectivity index (χ4v) is 2.79. The summed E-state index contributed by atoms with van der Waals surface area (Å²) in [5.74, 6) is 0. The minimum atomic E-state index is 0.535. The number of fused-ring (bicyclic) bond motifs is 3. The molecule has 2 nitrogen and oxygen atoms in total. The van der Waals surface area contributed by atoms with Crippen molar-refractivity contribution >= 4 is 10.9 Å². The first-order valence-electron chi connectivity index (χ1n) is 6.31. The van der Waals surface area contributed by atoms with E-state index in [9.17, 15) is 0 Å². The molecule has 0 fully saturated rings. The van der Waals surface area contributed by atoms with Crippen LogP contribution in [0.4, 0.5) is 0 Å². The van der Waals surface area contributed by atoms with Gasteiger partial charge in [0, 0.05) is 35.6 Å². The van der Waals surface area contributed by atoms with Gasteiger partial charge in [0.15, 0.2) is 0 Å². The molecule has 1 aliphatic rings. The lowest BCUT2D eigenvalue weighted by Gasteiger charge is -2.13. The normalized spacial score (nSPS) is 19.9. The first kappa shape index (κ1) is 10.6.